The average Bonchev–Trinajstić information content (AvgIpc) is 2.81. The minimum atomic E-state index is -2.98. The molecule has 0 radical (unpaired) electrons. The third kappa shape index (κ3) is 3.18. The summed E-state index contributed by atoms with van der Waals surface area (Å²) < 4.78 is 39.3. The normalized spacial score (nSPS) is 10.7. The number of halogens is 2. The van der Waals surface area contributed by atoms with E-state index in [0.29, 0.717) is 5.69 Å². The highest BCUT2D eigenvalue weighted by molar-refractivity contribution is 5.97. The van der Waals surface area contributed by atoms with Crippen LogP contribution in [0, 0.1) is 6.92 Å². The highest BCUT2D eigenvalue weighted by Crippen LogP contribution is 2.34. The van der Waals surface area contributed by atoms with Gasteiger partial charge in [0.2, 0.25) is 0 Å². The van der Waals surface area contributed by atoms with Gasteiger partial charge in [0.15, 0.2) is 5.76 Å². The van der Waals surface area contributed by atoms with Gasteiger partial charge in [-0.2, -0.15) is 8.78 Å². The minimum absolute atomic E-state index is 0.0437. The second kappa shape index (κ2) is 6.34. The Morgan fingerprint density at radius 2 is 2.10 bits per heavy atom. The molecule has 1 heterocycles. The molecule has 0 aliphatic heterocycles. The van der Waals surface area contributed by atoms with Crippen LogP contribution in [0.4, 0.5) is 8.78 Å². The molecule has 0 atom stereocenters. The van der Waals surface area contributed by atoms with Crippen LogP contribution in [-0.4, -0.2) is 24.3 Å². The molecule has 0 unspecified atom stereocenters. The molecule has 112 valence electrons. The van der Waals surface area contributed by atoms with Crippen LogP contribution >= 0.6 is 0 Å². The number of carbonyl (C=O) groups is 1. The van der Waals surface area contributed by atoms with Gasteiger partial charge >= 0.3 is 12.6 Å². The molecule has 0 aliphatic carbocycles. The van der Waals surface area contributed by atoms with E-state index in [-0.39, 0.29) is 29.2 Å². The van der Waals surface area contributed by atoms with E-state index in [9.17, 15) is 13.6 Å². The van der Waals surface area contributed by atoms with Gasteiger partial charge in [0.05, 0.1) is 17.9 Å². The molecule has 2 aromatic rings. The second-order valence-corrected chi connectivity index (χ2v) is 4.07. The number of nitrogens with zero attached hydrogens (tertiary/aromatic N) is 1. The fourth-order valence-corrected chi connectivity index (χ4v) is 1.85. The Labute approximate surface area is 119 Å². The van der Waals surface area contributed by atoms with Crippen molar-refractivity contribution < 1.29 is 27.6 Å². The van der Waals surface area contributed by atoms with Gasteiger partial charge in [-0.15, -0.1) is 0 Å². The van der Waals surface area contributed by atoms with Gasteiger partial charge < -0.3 is 14.0 Å². The molecule has 21 heavy (non-hydrogen) atoms. The van der Waals surface area contributed by atoms with E-state index in [1.54, 1.807) is 19.9 Å². The van der Waals surface area contributed by atoms with Crippen molar-refractivity contribution in [3.63, 3.8) is 0 Å². The molecule has 0 amide bonds. The highest BCUT2D eigenvalue weighted by Gasteiger charge is 2.25. The molecular weight excluding hydrogens is 284 g/mol. The topological polar surface area (TPSA) is 61.6 Å². The SMILES string of the molecule is CCOC(=O)c1c(C)noc1-c1ccccc1OC(F)F. The maximum Gasteiger partial charge on any atom is 0.387 e. The molecule has 0 aliphatic rings. The largest absolute Gasteiger partial charge is 0.462 e. The smallest absolute Gasteiger partial charge is 0.387 e. The Kier molecular flexibility index (Phi) is 4.52. The first kappa shape index (κ1) is 15.0. The Bertz CT molecular complexity index is 640. The molecule has 1 aromatic carbocycles. The number of esters is 1. The summed E-state index contributed by atoms with van der Waals surface area (Å²) in [5.74, 6) is -0.686. The van der Waals surface area contributed by atoms with Crippen LogP contribution in [0.1, 0.15) is 23.0 Å². The Hall–Kier alpha value is -2.44. The third-order valence-electron chi connectivity index (χ3n) is 2.69. The summed E-state index contributed by atoms with van der Waals surface area (Å²) in [5, 5.41) is 3.70. The first-order valence-electron chi connectivity index (χ1n) is 6.22. The van der Waals surface area contributed by atoms with Crippen molar-refractivity contribution in [1.29, 1.82) is 0 Å². The number of benzene rings is 1. The predicted octanol–water partition coefficient (Wildman–Crippen LogP) is 3.43. The summed E-state index contributed by atoms with van der Waals surface area (Å²) in [6.45, 7) is 0.420. The zero-order chi connectivity index (χ0) is 15.4. The van der Waals surface area contributed by atoms with Crippen molar-refractivity contribution in [2.24, 2.45) is 0 Å². The molecular formula is C14H13F2NO4. The fraction of sp³-hybridized carbons (Fsp3) is 0.286. The quantitative estimate of drug-likeness (QED) is 0.791. The Morgan fingerprint density at radius 1 is 1.38 bits per heavy atom. The van der Waals surface area contributed by atoms with Crippen LogP contribution in [0.25, 0.3) is 11.3 Å². The highest BCUT2D eigenvalue weighted by atomic mass is 19.3. The van der Waals surface area contributed by atoms with Crippen LogP contribution in [0.2, 0.25) is 0 Å². The van der Waals surface area contributed by atoms with E-state index in [1.807, 2.05) is 0 Å². The standard InChI is InChI=1S/C14H13F2NO4/c1-3-19-13(18)11-8(2)17-21-12(11)9-6-4-5-7-10(9)20-14(15)16/h4-7,14H,3H2,1-2H3. The molecule has 0 bridgehead atoms. The molecule has 1 aromatic heterocycles. The van der Waals surface area contributed by atoms with Crippen molar-refractivity contribution in [3.8, 4) is 17.1 Å². The minimum Gasteiger partial charge on any atom is -0.462 e. The van der Waals surface area contributed by atoms with E-state index in [0.717, 1.165) is 0 Å². The van der Waals surface area contributed by atoms with Gasteiger partial charge in [-0.3, -0.25) is 0 Å². The molecule has 0 saturated carbocycles. The van der Waals surface area contributed by atoms with Gasteiger partial charge in [0.1, 0.15) is 11.3 Å². The summed E-state index contributed by atoms with van der Waals surface area (Å²) in [6, 6.07) is 6.00. The summed E-state index contributed by atoms with van der Waals surface area (Å²) in [7, 11) is 0. The van der Waals surface area contributed by atoms with Crippen LogP contribution in [-0.2, 0) is 4.74 Å². The maximum absolute atomic E-state index is 12.4. The van der Waals surface area contributed by atoms with Crippen molar-refractivity contribution in [1.82, 2.24) is 5.16 Å². The Balaban J connectivity index is 2.50. The van der Waals surface area contributed by atoms with E-state index in [2.05, 4.69) is 9.89 Å². The molecule has 0 N–H and O–H groups in total. The number of para-hydroxylation sites is 1. The molecule has 2 rings (SSSR count). The summed E-state index contributed by atoms with van der Waals surface area (Å²) in [4.78, 5) is 11.9. The first-order valence-corrected chi connectivity index (χ1v) is 6.22. The van der Waals surface area contributed by atoms with Crippen LogP contribution in [0.3, 0.4) is 0 Å². The molecule has 5 nitrogen and oxygen atoms in total. The lowest BCUT2D eigenvalue weighted by Gasteiger charge is -2.09. The number of alkyl halides is 2. The first-order chi connectivity index (χ1) is 10.0. The number of hydrogen-bond donors (Lipinski definition) is 0. The lowest BCUT2D eigenvalue weighted by atomic mass is 10.1. The summed E-state index contributed by atoms with van der Waals surface area (Å²) in [6.07, 6.45) is 0. The lowest BCUT2D eigenvalue weighted by molar-refractivity contribution is -0.0495. The lowest BCUT2D eigenvalue weighted by Crippen LogP contribution is -2.07. The maximum atomic E-state index is 12.4. The summed E-state index contributed by atoms with van der Waals surface area (Å²) >= 11 is 0. The number of hydrogen-bond acceptors (Lipinski definition) is 5. The molecule has 0 spiro atoms. The van der Waals surface area contributed by atoms with Crippen molar-refractivity contribution in [3.05, 3.63) is 35.5 Å². The van der Waals surface area contributed by atoms with Gasteiger partial charge in [-0.1, -0.05) is 17.3 Å². The van der Waals surface area contributed by atoms with Gasteiger partial charge in [-0.05, 0) is 26.0 Å². The molecule has 0 saturated heterocycles. The number of ether oxygens (including phenoxy) is 2. The fourth-order valence-electron chi connectivity index (χ4n) is 1.85. The van der Waals surface area contributed by atoms with Gasteiger partial charge in [0.25, 0.3) is 0 Å². The zero-order valence-corrected chi connectivity index (χ0v) is 11.4. The average molecular weight is 297 g/mol. The number of carbonyl (C=O) groups excluding carboxylic acids is 1. The van der Waals surface area contributed by atoms with Crippen LogP contribution in [0.15, 0.2) is 28.8 Å². The number of aryl methyl sites for hydroxylation is 1. The van der Waals surface area contributed by atoms with E-state index in [1.165, 1.54) is 18.2 Å². The summed E-state index contributed by atoms with van der Waals surface area (Å²) in [5.41, 5.74) is 0.624. The second-order valence-electron chi connectivity index (χ2n) is 4.07. The van der Waals surface area contributed by atoms with Crippen LogP contribution in [0.5, 0.6) is 5.75 Å². The van der Waals surface area contributed by atoms with Crippen molar-refractivity contribution in [2.45, 2.75) is 20.5 Å². The van der Waals surface area contributed by atoms with Crippen molar-refractivity contribution in [2.75, 3.05) is 6.61 Å². The Morgan fingerprint density at radius 3 is 2.76 bits per heavy atom. The van der Waals surface area contributed by atoms with E-state index < -0.39 is 12.6 Å². The van der Waals surface area contributed by atoms with E-state index in [4.69, 9.17) is 9.26 Å². The monoisotopic (exact) mass is 297 g/mol. The van der Waals surface area contributed by atoms with Crippen molar-refractivity contribution >= 4 is 5.97 Å². The van der Waals surface area contributed by atoms with E-state index >= 15 is 0 Å². The predicted molar refractivity (Wildman–Crippen MR) is 69.3 cm³/mol. The molecule has 7 heteroatoms. The number of aromatic nitrogens is 1. The molecule has 0 fully saturated rings. The van der Waals surface area contributed by atoms with Gasteiger partial charge in [0, 0.05) is 0 Å². The van der Waals surface area contributed by atoms with Gasteiger partial charge in [-0.25, -0.2) is 4.79 Å². The number of rotatable bonds is 5. The van der Waals surface area contributed by atoms with Crippen LogP contribution < -0.4 is 4.74 Å². The third-order valence-corrected chi connectivity index (χ3v) is 2.69. The zero-order valence-electron chi connectivity index (χ0n) is 11.4.